The lowest BCUT2D eigenvalue weighted by molar-refractivity contribution is -0.122. The number of carbonyl (C=O) groups excluding carboxylic acids is 1. The molecule has 4 heteroatoms. The van der Waals surface area contributed by atoms with Crippen molar-refractivity contribution in [1.82, 2.24) is 5.32 Å². The first-order valence-corrected chi connectivity index (χ1v) is 6.82. The van der Waals surface area contributed by atoms with Crippen LogP contribution in [0.3, 0.4) is 0 Å². The molecule has 0 radical (unpaired) electrons. The van der Waals surface area contributed by atoms with Gasteiger partial charge in [0, 0.05) is 18.7 Å². The number of nitrogens with two attached hydrogens (primary N) is 1. The first kappa shape index (κ1) is 15.5. The number of carbonyl (C=O) groups is 1. The van der Waals surface area contributed by atoms with E-state index in [1.54, 1.807) is 0 Å². The van der Waals surface area contributed by atoms with E-state index in [2.05, 4.69) is 5.32 Å². The molecular formula is C15H24N2O2. The maximum atomic E-state index is 11.7. The third-order valence-corrected chi connectivity index (χ3v) is 3.52. The van der Waals surface area contributed by atoms with E-state index in [1.165, 1.54) is 0 Å². The fourth-order valence-corrected chi connectivity index (χ4v) is 1.86. The molecule has 0 unspecified atom stereocenters. The predicted molar refractivity (Wildman–Crippen MR) is 77.7 cm³/mol. The molecule has 0 bridgehead atoms. The van der Waals surface area contributed by atoms with Crippen molar-refractivity contribution in [1.29, 1.82) is 0 Å². The number of benzene rings is 1. The Bertz CT molecular complexity index is 414. The van der Waals surface area contributed by atoms with E-state index in [0.29, 0.717) is 37.9 Å². The molecule has 1 aromatic rings. The lowest BCUT2D eigenvalue weighted by Gasteiger charge is -2.25. The van der Waals surface area contributed by atoms with Gasteiger partial charge in [0.25, 0.3) is 0 Å². The molecular weight excluding hydrogens is 240 g/mol. The second kappa shape index (κ2) is 7.14. The summed E-state index contributed by atoms with van der Waals surface area (Å²) in [4.78, 5) is 11.7. The van der Waals surface area contributed by atoms with Crippen LogP contribution in [0, 0.1) is 0 Å². The molecule has 0 spiro atoms. The van der Waals surface area contributed by atoms with Crippen LogP contribution in [0.15, 0.2) is 24.3 Å². The van der Waals surface area contributed by atoms with Crippen molar-refractivity contribution in [3.8, 4) is 0 Å². The van der Waals surface area contributed by atoms with Crippen molar-refractivity contribution in [3.63, 3.8) is 0 Å². The van der Waals surface area contributed by atoms with Crippen LogP contribution in [0.25, 0.3) is 0 Å². The third-order valence-electron chi connectivity index (χ3n) is 3.52. The molecule has 0 aliphatic rings. The largest absolute Gasteiger partial charge is 0.399 e. The van der Waals surface area contributed by atoms with Crippen LogP contribution in [-0.4, -0.2) is 23.2 Å². The summed E-state index contributed by atoms with van der Waals surface area (Å²) in [6, 6.07) is 7.54. The zero-order chi connectivity index (χ0) is 14.3. The van der Waals surface area contributed by atoms with E-state index in [9.17, 15) is 9.90 Å². The summed E-state index contributed by atoms with van der Waals surface area (Å²) >= 11 is 0. The Labute approximate surface area is 115 Å². The zero-order valence-corrected chi connectivity index (χ0v) is 11.8. The molecule has 1 rings (SSSR count). The Morgan fingerprint density at radius 2 is 2.05 bits per heavy atom. The normalized spacial score (nSPS) is 11.3. The topological polar surface area (TPSA) is 75.3 Å². The number of anilines is 1. The van der Waals surface area contributed by atoms with E-state index >= 15 is 0 Å². The van der Waals surface area contributed by atoms with Gasteiger partial charge in [-0.25, -0.2) is 0 Å². The average Bonchev–Trinajstić information content (AvgIpc) is 2.42. The molecule has 0 aliphatic carbocycles. The zero-order valence-electron chi connectivity index (χ0n) is 11.8. The molecule has 0 heterocycles. The Hall–Kier alpha value is -1.55. The summed E-state index contributed by atoms with van der Waals surface area (Å²) in [6.07, 6.45) is 2.35. The Balaban J connectivity index is 2.36. The number of nitrogens with one attached hydrogen (secondary N) is 1. The lowest BCUT2D eigenvalue weighted by atomic mass is 9.97. The van der Waals surface area contributed by atoms with Crippen molar-refractivity contribution in [3.05, 3.63) is 29.8 Å². The summed E-state index contributed by atoms with van der Waals surface area (Å²) in [5.41, 5.74) is 6.66. The van der Waals surface area contributed by atoms with Crippen LogP contribution in [0.2, 0.25) is 0 Å². The monoisotopic (exact) mass is 264 g/mol. The molecule has 1 aromatic carbocycles. The van der Waals surface area contributed by atoms with Gasteiger partial charge in [0.1, 0.15) is 0 Å². The molecule has 0 fully saturated rings. The van der Waals surface area contributed by atoms with Gasteiger partial charge in [-0.15, -0.1) is 0 Å². The molecule has 0 saturated heterocycles. The highest BCUT2D eigenvalue weighted by atomic mass is 16.3. The Morgan fingerprint density at radius 1 is 1.37 bits per heavy atom. The smallest absolute Gasteiger partial charge is 0.220 e. The highest BCUT2D eigenvalue weighted by Gasteiger charge is 2.22. The molecule has 1 amide bonds. The highest BCUT2D eigenvalue weighted by Crippen LogP contribution is 2.13. The maximum absolute atomic E-state index is 11.7. The number of aliphatic hydroxyl groups is 1. The maximum Gasteiger partial charge on any atom is 0.220 e. The number of hydrogen-bond acceptors (Lipinski definition) is 3. The van der Waals surface area contributed by atoms with Crippen molar-refractivity contribution in [2.75, 3.05) is 12.3 Å². The minimum atomic E-state index is -0.785. The molecule has 0 atom stereocenters. The fraction of sp³-hybridized carbons (Fsp3) is 0.533. The van der Waals surface area contributed by atoms with Gasteiger partial charge in [-0.05, 0) is 37.0 Å². The first-order valence-electron chi connectivity index (χ1n) is 6.82. The molecule has 0 aliphatic heterocycles. The van der Waals surface area contributed by atoms with Gasteiger partial charge in [-0.3, -0.25) is 4.79 Å². The summed E-state index contributed by atoms with van der Waals surface area (Å²) < 4.78 is 0. The van der Waals surface area contributed by atoms with Gasteiger partial charge in [0.15, 0.2) is 0 Å². The summed E-state index contributed by atoms with van der Waals surface area (Å²) in [5, 5.41) is 12.9. The Kier molecular flexibility index (Phi) is 5.83. The average molecular weight is 264 g/mol. The molecule has 19 heavy (non-hydrogen) atoms. The van der Waals surface area contributed by atoms with Crippen LogP contribution in [-0.2, 0) is 11.2 Å². The molecule has 4 nitrogen and oxygen atoms in total. The molecule has 0 saturated carbocycles. The third kappa shape index (κ3) is 5.30. The summed E-state index contributed by atoms with van der Waals surface area (Å²) in [7, 11) is 0. The quantitative estimate of drug-likeness (QED) is 0.658. The van der Waals surface area contributed by atoms with E-state index in [1.807, 2.05) is 38.1 Å². The lowest BCUT2D eigenvalue weighted by Crippen LogP contribution is -2.42. The number of rotatable bonds is 7. The number of amides is 1. The SMILES string of the molecule is CCC(O)(CC)CNC(=O)CCc1cccc(N)c1. The van der Waals surface area contributed by atoms with Gasteiger partial charge in [-0.1, -0.05) is 26.0 Å². The van der Waals surface area contributed by atoms with Crippen molar-refractivity contribution in [2.45, 2.75) is 45.1 Å². The van der Waals surface area contributed by atoms with E-state index in [0.717, 1.165) is 5.56 Å². The fourth-order valence-electron chi connectivity index (χ4n) is 1.86. The van der Waals surface area contributed by atoms with Crippen LogP contribution in [0.4, 0.5) is 5.69 Å². The minimum Gasteiger partial charge on any atom is -0.399 e. The second-order valence-electron chi connectivity index (χ2n) is 4.95. The van der Waals surface area contributed by atoms with Crippen LogP contribution in [0.1, 0.15) is 38.7 Å². The standard InChI is InChI=1S/C15H24N2O2/c1-3-15(19,4-2)11-17-14(18)9-8-12-6-5-7-13(16)10-12/h5-7,10,19H,3-4,8-9,11,16H2,1-2H3,(H,17,18). The van der Waals surface area contributed by atoms with E-state index < -0.39 is 5.60 Å². The van der Waals surface area contributed by atoms with E-state index in [4.69, 9.17) is 5.73 Å². The number of aryl methyl sites for hydroxylation is 1. The summed E-state index contributed by atoms with van der Waals surface area (Å²) in [5.74, 6) is -0.0391. The predicted octanol–water partition coefficient (Wildman–Crippen LogP) is 1.87. The minimum absolute atomic E-state index is 0.0391. The van der Waals surface area contributed by atoms with E-state index in [-0.39, 0.29) is 5.91 Å². The van der Waals surface area contributed by atoms with Crippen LogP contribution < -0.4 is 11.1 Å². The number of nitrogen functional groups attached to an aromatic ring is 1. The van der Waals surface area contributed by atoms with Gasteiger partial charge in [-0.2, -0.15) is 0 Å². The van der Waals surface area contributed by atoms with Crippen LogP contribution in [0.5, 0.6) is 0 Å². The molecule has 0 aromatic heterocycles. The van der Waals surface area contributed by atoms with Crippen molar-refractivity contribution >= 4 is 11.6 Å². The molecule has 106 valence electrons. The number of hydrogen-bond donors (Lipinski definition) is 3. The van der Waals surface area contributed by atoms with Crippen LogP contribution >= 0.6 is 0 Å². The van der Waals surface area contributed by atoms with Gasteiger partial charge in [0.2, 0.25) is 5.91 Å². The van der Waals surface area contributed by atoms with Gasteiger partial charge in [0.05, 0.1) is 5.60 Å². The van der Waals surface area contributed by atoms with Gasteiger partial charge >= 0.3 is 0 Å². The highest BCUT2D eigenvalue weighted by molar-refractivity contribution is 5.76. The van der Waals surface area contributed by atoms with Crippen molar-refractivity contribution < 1.29 is 9.90 Å². The second-order valence-corrected chi connectivity index (χ2v) is 4.95. The summed E-state index contributed by atoms with van der Waals surface area (Å²) in [6.45, 7) is 4.15. The van der Waals surface area contributed by atoms with Gasteiger partial charge < -0.3 is 16.2 Å². The Morgan fingerprint density at radius 3 is 2.63 bits per heavy atom. The van der Waals surface area contributed by atoms with Crippen molar-refractivity contribution in [2.24, 2.45) is 0 Å². The first-order chi connectivity index (χ1) is 8.99. The molecule has 4 N–H and O–H groups in total.